The second-order valence-electron chi connectivity index (χ2n) is 12.6. The molecule has 5 aliphatic rings. The molecule has 2 saturated carbocycles. The lowest BCUT2D eigenvalue weighted by molar-refractivity contribution is -0.140. The van der Waals surface area contributed by atoms with Gasteiger partial charge in [0.15, 0.2) is 9.84 Å². The van der Waals surface area contributed by atoms with Gasteiger partial charge in [0.1, 0.15) is 11.2 Å². The molecule has 2 saturated heterocycles. The predicted octanol–water partition coefficient (Wildman–Crippen LogP) is 3.73. The number of nitrogens with zero attached hydrogens (tertiary/aromatic N) is 4. The van der Waals surface area contributed by atoms with Gasteiger partial charge < -0.3 is 15.0 Å². The van der Waals surface area contributed by atoms with E-state index in [0.717, 1.165) is 81.3 Å². The number of carbonyl (C=O) groups excluding carboxylic acids is 1. The van der Waals surface area contributed by atoms with Gasteiger partial charge in [0.05, 0.1) is 23.4 Å². The van der Waals surface area contributed by atoms with E-state index in [1.165, 1.54) is 0 Å². The van der Waals surface area contributed by atoms with Crippen molar-refractivity contribution in [2.45, 2.75) is 79.9 Å². The maximum atomic E-state index is 13.5. The first kappa shape index (κ1) is 25.4. The number of hydrogen-bond acceptors (Lipinski definition) is 8. The summed E-state index contributed by atoms with van der Waals surface area (Å²) in [6, 6.07) is 5.45. The van der Waals surface area contributed by atoms with Crippen LogP contribution in [0.3, 0.4) is 0 Å². The molecule has 10 heteroatoms. The van der Waals surface area contributed by atoms with Gasteiger partial charge in [0.2, 0.25) is 11.9 Å². The number of amides is 1. The van der Waals surface area contributed by atoms with E-state index in [0.29, 0.717) is 29.9 Å². The van der Waals surface area contributed by atoms with Crippen molar-refractivity contribution in [3.8, 4) is 0 Å². The average Bonchev–Trinajstić information content (AvgIpc) is 3.47. The molecule has 2 aliphatic carbocycles. The molecule has 1 N–H and O–H groups in total. The van der Waals surface area contributed by atoms with Gasteiger partial charge in [-0.15, -0.1) is 0 Å². The van der Waals surface area contributed by atoms with E-state index in [1.54, 1.807) is 18.3 Å². The minimum Gasteiger partial charge on any atom is -0.378 e. The van der Waals surface area contributed by atoms with Gasteiger partial charge in [0.25, 0.3) is 0 Å². The highest BCUT2D eigenvalue weighted by Gasteiger charge is 2.58. The van der Waals surface area contributed by atoms with Crippen LogP contribution in [-0.4, -0.2) is 73.8 Å². The van der Waals surface area contributed by atoms with Gasteiger partial charge in [-0.2, -0.15) is 4.98 Å². The highest BCUT2D eigenvalue weighted by molar-refractivity contribution is 7.92. The molecule has 0 atom stereocenters. The van der Waals surface area contributed by atoms with Crippen LogP contribution in [-0.2, 0) is 24.8 Å². The molecule has 208 valence electrons. The van der Waals surface area contributed by atoms with Gasteiger partial charge in [0, 0.05) is 23.5 Å². The molecule has 4 heterocycles. The molecule has 3 aliphatic heterocycles. The van der Waals surface area contributed by atoms with E-state index in [1.807, 2.05) is 17.9 Å². The summed E-state index contributed by atoms with van der Waals surface area (Å²) in [4.78, 5) is 27.5. The van der Waals surface area contributed by atoms with Crippen LogP contribution in [0.5, 0.6) is 0 Å². The van der Waals surface area contributed by atoms with Crippen LogP contribution in [0.2, 0.25) is 0 Å². The van der Waals surface area contributed by atoms with Gasteiger partial charge in [-0.1, -0.05) is 12.8 Å². The number of sulfone groups is 1. The number of benzene rings is 1. The predicted molar refractivity (Wildman–Crippen MR) is 148 cm³/mol. The molecule has 2 spiro atoms. The van der Waals surface area contributed by atoms with Crippen molar-refractivity contribution in [2.24, 2.45) is 5.41 Å². The smallest absolute Gasteiger partial charge is 0.244 e. The Balaban J connectivity index is 1.10. The number of hydrogen-bond donors (Lipinski definition) is 1. The van der Waals surface area contributed by atoms with Crippen molar-refractivity contribution in [1.29, 1.82) is 0 Å². The van der Waals surface area contributed by atoms with Crippen molar-refractivity contribution in [1.82, 2.24) is 14.9 Å². The second-order valence-corrected chi connectivity index (χ2v) is 14.8. The van der Waals surface area contributed by atoms with Crippen LogP contribution in [0.4, 0.5) is 17.5 Å². The lowest BCUT2D eigenvalue weighted by Crippen LogP contribution is -2.55. The molecule has 4 fully saturated rings. The zero-order chi connectivity index (χ0) is 27.0. The Morgan fingerprint density at radius 1 is 1.10 bits per heavy atom. The molecule has 2 aromatic rings. The molecular weight excluding hydrogens is 514 g/mol. The van der Waals surface area contributed by atoms with Gasteiger partial charge in [-0.25, -0.2) is 13.4 Å². The third-order valence-electron chi connectivity index (χ3n) is 10.1. The molecular formula is C29H37N5O4S. The van der Waals surface area contributed by atoms with Crippen LogP contribution in [0, 0.1) is 12.3 Å². The van der Waals surface area contributed by atoms with Gasteiger partial charge >= 0.3 is 0 Å². The summed E-state index contributed by atoms with van der Waals surface area (Å²) in [5, 5.41) is 3.00. The van der Waals surface area contributed by atoms with Crippen LogP contribution in [0.15, 0.2) is 29.3 Å². The summed E-state index contributed by atoms with van der Waals surface area (Å²) in [7, 11) is -1.24. The number of likely N-dealkylation sites (tertiary alicyclic amines) is 1. The molecule has 39 heavy (non-hydrogen) atoms. The first-order chi connectivity index (χ1) is 18.7. The molecule has 1 aromatic carbocycles. The fourth-order valence-electron chi connectivity index (χ4n) is 7.38. The van der Waals surface area contributed by atoms with Crippen molar-refractivity contribution in [3.05, 3.63) is 35.5 Å². The van der Waals surface area contributed by atoms with Gasteiger partial charge in [-0.05, 0) is 94.8 Å². The number of aryl methyl sites for hydroxylation is 1. The normalized spacial score (nSPS) is 24.7. The van der Waals surface area contributed by atoms with Crippen LogP contribution < -0.4 is 10.2 Å². The number of piperidine rings is 1. The second kappa shape index (κ2) is 8.97. The highest BCUT2D eigenvalue weighted by atomic mass is 32.2. The lowest BCUT2D eigenvalue weighted by Gasteiger charge is -2.51. The largest absolute Gasteiger partial charge is 0.378 e. The molecule has 1 amide bonds. The van der Waals surface area contributed by atoms with E-state index in [-0.39, 0.29) is 22.6 Å². The van der Waals surface area contributed by atoms with Crippen molar-refractivity contribution >= 4 is 33.2 Å². The lowest BCUT2D eigenvalue weighted by atomic mass is 9.63. The zero-order valence-corrected chi connectivity index (χ0v) is 23.6. The van der Waals surface area contributed by atoms with E-state index < -0.39 is 15.3 Å². The van der Waals surface area contributed by atoms with Crippen LogP contribution in [0.1, 0.15) is 62.5 Å². The van der Waals surface area contributed by atoms with Crippen molar-refractivity contribution in [3.63, 3.8) is 0 Å². The Kier molecular flexibility index (Phi) is 5.85. The number of aromatic nitrogens is 2. The zero-order valence-electron chi connectivity index (χ0n) is 22.8. The minimum atomic E-state index is -3.37. The third kappa shape index (κ3) is 3.93. The number of fused-ring (bicyclic) bond motifs is 2. The maximum Gasteiger partial charge on any atom is 0.244 e. The topological polar surface area (TPSA) is 105 Å². The maximum absolute atomic E-state index is 13.5. The molecule has 0 bridgehead atoms. The summed E-state index contributed by atoms with van der Waals surface area (Å²) >= 11 is 0. The van der Waals surface area contributed by atoms with E-state index in [4.69, 9.17) is 9.72 Å². The van der Waals surface area contributed by atoms with Crippen LogP contribution in [0.25, 0.3) is 0 Å². The fraction of sp³-hybridized carbons (Fsp3) is 0.621. The van der Waals surface area contributed by atoms with Crippen LogP contribution >= 0.6 is 0 Å². The Morgan fingerprint density at radius 2 is 1.82 bits per heavy atom. The van der Waals surface area contributed by atoms with Gasteiger partial charge in [-0.3, -0.25) is 9.69 Å². The Labute approximate surface area is 230 Å². The highest BCUT2D eigenvalue weighted by Crippen LogP contribution is 2.53. The molecule has 0 unspecified atom stereocenters. The van der Waals surface area contributed by atoms with E-state index >= 15 is 0 Å². The number of carbonyl (C=O) groups is 1. The molecule has 0 radical (unpaired) electrons. The number of anilines is 3. The fourth-order valence-corrected chi connectivity index (χ4v) is 9.51. The Bertz CT molecular complexity index is 1420. The van der Waals surface area contributed by atoms with E-state index in [9.17, 15) is 13.2 Å². The number of ether oxygens (including phenoxy) is 1. The Morgan fingerprint density at radius 3 is 2.46 bits per heavy atom. The molecule has 1 aromatic heterocycles. The Hall–Kier alpha value is -2.56. The SMILES string of the molecule is Cc1cc(S(=O)(=O)C2CC3(CCN(C)CC3)C2)ccc1Nc1ncc2c(n1)N(C1CCCC1)C(=O)C21COC1. The van der Waals surface area contributed by atoms with Crippen molar-refractivity contribution < 1.29 is 17.9 Å². The quantitative estimate of drug-likeness (QED) is 0.600. The number of nitrogens with one attached hydrogen (secondary N) is 1. The first-order valence-corrected chi connectivity index (χ1v) is 15.8. The summed E-state index contributed by atoms with van der Waals surface area (Å²) in [5.41, 5.74) is 2.01. The molecule has 9 nitrogen and oxygen atoms in total. The third-order valence-corrected chi connectivity index (χ3v) is 12.2. The monoisotopic (exact) mass is 551 g/mol. The number of rotatable bonds is 5. The summed E-state index contributed by atoms with van der Waals surface area (Å²) in [5.74, 6) is 1.19. The average molecular weight is 552 g/mol. The summed E-state index contributed by atoms with van der Waals surface area (Å²) < 4.78 is 32.4. The standard InChI is InChI=1S/C29H37N5O4S/c1-19-13-21(39(36,37)22-14-28(15-22)9-11-33(2)12-10-28)7-8-24(19)31-27-30-16-23-25(32-27)34(20-5-3-4-6-20)26(35)29(23)17-38-18-29/h7-8,13,16,20,22H,3-6,9-12,14-15,17-18H2,1-2H3,(H,30,31,32). The molecule has 7 rings (SSSR count). The summed E-state index contributed by atoms with van der Waals surface area (Å²) in [6.07, 6.45) is 9.72. The first-order valence-electron chi connectivity index (χ1n) is 14.3. The van der Waals surface area contributed by atoms with E-state index in [2.05, 4.69) is 22.2 Å². The summed E-state index contributed by atoms with van der Waals surface area (Å²) in [6.45, 7) is 4.78. The minimum absolute atomic E-state index is 0.0888. The van der Waals surface area contributed by atoms with Crippen molar-refractivity contribution in [2.75, 3.05) is 43.6 Å².